The predicted molar refractivity (Wildman–Crippen MR) is 192 cm³/mol. The van der Waals surface area contributed by atoms with Crippen LogP contribution in [0.4, 0.5) is 0 Å². The monoisotopic (exact) mass is 622 g/mol. The van der Waals surface area contributed by atoms with Crippen molar-refractivity contribution in [1.29, 1.82) is 0 Å². The van der Waals surface area contributed by atoms with Crippen LogP contribution in [-0.4, -0.2) is 43.4 Å². The van der Waals surface area contributed by atoms with Gasteiger partial charge in [-0.2, -0.15) is 0 Å². The molecule has 0 aliphatic heterocycles. The van der Waals surface area contributed by atoms with Crippen LogP contribution >= 0.6 is 0 Å². The van der Waals surface area contributed by atoms with E-state index in [-0.39, 0.29) is 5.97 Å². The van der Waals surface area contributed by atoms with Crippen LogP contribution in [0.2, 0.25) is 0 Å². The van der Waals surface area contributed by atoms with Crippen LogP contribution in [0.5, 0.6) is 0 Å². The number of unbranched alkanes of at least 4 members (excludes halogenated alkanes) is 20. The van der Waals surface area contributed by atoms with Crippen molar-refractivity contribution in [2.75, 3.05) is 20.2 Å². The predicted octanol–water partition coefficient (Wildman–Crippen LogP) is 12.4. The molecule has 0 aliphatic rings. The zero-order valence-electron chi connectivity index (χ0n) is 30.5. The van der Waals surface area contributed by atoms with Crippen LogP contribution in [0, 0.1) is 5.92 Å². The number of hydrogen-bond donors (Lipinski definition) is 0. The largest absolute Gasteiger partial charge is 0.465 e. The third-order valence-electron chi connectivity index (χ3n) is 9.68. The topological polar surface area (TPSA) is 46.6 Å². The van der Waals surface area contributed by atoms with Crippen molar-refractivity contribution in [2.24, 2.45) is 5.92 Å². The molecule has 0 N–H and O–H groups in total. The summed E-state index contributed by atoms with van der Waals surface area (Å²) in [4.78, 5) is 25.9. The Morgan fingerprint density at radius 3 is 1.55 bits per heavy atom. The fourth-order valence-electron chi connectivity index (χ4n) is 6.54. The van der Waals surface area contributed by atoms with E-state index >= 15 is 0 Å². The van der Waals surface area contributed by atoms with Crippen LogP contribution in [0.1, 0.15) is 213 Å². The lowest BCUT2D eigenvalue weighted by Gasteiger charge is -2.28. The fourth-order valence-corrected chi connectivity index (χ4v) is 6.54. The van der Waals surface area contributed by atoms with E-state index in [9.17, 15) is 9.59 Å². The zero-order valence-corrected chi connectivity index (χ0v) is 30.5. The highest BCUT2D eigenvalue weighted by Gasteiger charge is 2.15. The summed E-state index contributed by atoms with van der Waals surface area (Å²) in [5.74, 6) is 0.566. The first-order valence-electron chi connectivity index (χ1n) is 19.9. The standard InChI is InChI=1S/C40H79NO3/c1-5-8-11-14-16-17-20-28-35-41(4)39(32-25-19-21-29-36-42)33-26-22-27-34-40(43)44-37-38(30-23-13-10-7-3)31-24-18-15-12-9-6-2/h36,38-39H,5-35,37H2,1-4H3. The van der Waals surface area contributed by atoms with Crippen molar-refractivity contribution in [3.63, 3.8) is 0 Å². The Balaban J connectivity index is 4.36. The number of carbonyl (C=O) groups excluding carboxylic acids is 2. The smallest absolute Gasteiger partial charge is 0.305 e. The second-order valence-corrected chi connectivity index (χ2v) is 14.0. The first-order valence-corrected chi connectivity index (χ1v) is 19.9. The SMILES string of the molecule is CCCCCCCCCCN(C)C(CCCCCC=O)CCCCCC(=O)OCC(CCCCCC)CCCCCCCC. The van der Waals surface area contributed by atoms with Crippen molar-refractivity contribution in [3.05, 3.63) is 0 Å². The molecule has 2 unspecified atom stereocenters. The summed E-state index contributed by atoms with van der Waals surface area (Å²) in [5, 5.41) is 0. The van der Waals surface area contributed by atoms with Crippen LogP contribution in [0.25, 0.3) is 0 Å². The molecule has 0 spiro atoms. The molecule has 2 atom stereocenters. The number of rotatable bonds is 36. The van der Waals surface area contributed by atoms with E-state index < -0.39 is 0 Å². The minimum Gasteiger partial charge on any atom is -0.465 e. The molecule has 0 aliphatic carbocycles. The number of esters is 1. The van der Waals surface area contributed by atoms with E-state index in [1.807, 2.05) is 0 Å². The number of nitrogens with zero attached hydrogens (tertiary/aromatic N) is 1. The summed E-state index contributed by atoms with van der Waals surface area (Å²) < 4.78 is 5.83. The van der Waals surface area contributed by atoms with Gasteiger partial charge in [0.05, 0.1) is 6.61 Å². The van der Waals surface area contributed by atoms with Gasteiger partial charge in [0.25, 0.3) is 0 Å². The number of ether oxygens (including phenoxy) is 1. The average molecular weight is 622 g/mol. The van der Waals surface area contributed by atoms with Gasteiger partial charge < -0.3 is 14.4 Å². The highest BCUT2D eigenvalue weighted by molar-refractivity contribution is 5.69. The summed E-state index contributed by atoms with van der Waals surface area (Å²) in [5.41, 5.74) is 0. The molecule has 0 fully saturated rings. The first kappa shape index (κ1) is 43.1. The molecule has 0 saturated heterocycles. The van der Waals surface area contributed by atoms with Gasteiger partial charge in [0.1, 0.15) is 6.29 Å². The molecular weight excluding hydrogens is 542 g/mol. The van der Waals surface area contributed by atoms with E-state index in [2.05, 4.69) is 32.7 Å². The van der Waals surface area contributed by atoms with Crippen LogP contribution in [-0.2, 0) is 14.3 Å². The highest BCUT2D eigenvalue weighted by Crippen LogP contribution is 2.21. The lowest BCUT2D eigenvalue weighted by Crippen LogP contribution is -2.32. The molecule has 0 bridgehead atoms. The van der Waals surface area contributed by atoms with Crippen molar-refractivity contribution in [2.45, 2.75) is 219 Å². The minimum atomic E-state index is 0.0186. The Bertz CT molecular complexity index is 595. The third-order valence-corrected chi connectivity index (χ3v) is 9.68. The summed E-state index contributed by atoms with van der Waals surface area (Å²) in [6.07, 6.45) is 38.0. The van der Waals surface area contributed by atoms with E-state index in [0.29, 0.717) is 31.4 Å². The van der Waals surface area contributed by atoms with Gasteiger partial charge in [-0.1, -0.05) is 156 Å². The normalized spacial score (nSPS) is 12.9. The number of hydrogen-bond acceptors (Lipinski definition) is 4. The molecule has 0 rings (SSSR count). The van der Waals surface area contributed by atoms with Gasteiger partial charge in [-0.15, -0.1) is 0 Å². The van der Waals surface area contributed by atoms with Gasteiger partial charge in [-0.3, -0.25) is 4.79 Å². The van der Waals surface area contributed by atoms with Crippen molar-refractivity contribution >= 4 is 12.3 Å². The molecule has 0 amide bonds. The quantitative estimate of drug-likeness (QED) is 0.0396. The van der Waals surface area contributed by atoms with Gasteiger partial charge in [0, 0.05) is 18.9 Å². The van der Waals surface area contributed by atoms with Gasteiger partial charge in [-0.05, 0) is 64.5 Å². The third kappa shape index (κ3) is 29.8. The second-order valence-electron chi connectivity index (χ2n) is 14.0. The maximum absolute atomic E-state index is 12.6. The van der Waals surface area contributed by atoms with E-state index in [1.54, 1.807) is 0 Å². The average Bonchev–Trinajstić information content (AvgIpc) is 3.02. The Hall–Kier alpha value is -0.900. The van der Waals surface area contributed by atoms with E-state index in [4.69, 9.17) is 4.74 Å². The van der Waals surface area contributed by atoms with Gasteiger partial charge >= 0.3 is 5.97 Å². The number of carbonyl (C=O) groups is 2. The highest BCUT2D eigenvalue weighted by atomic mass is 16.5. The molecular formula is C40H79NO3. The molecule has 0 aromatic carbocycles. The van der Waals surface area contributed by atoms with Gasteiger partial charge in [0.2, 0.25) is 0 Å². The maximum atomic E-state index is 12.6. The minimum absolute atomic E-state index is 0.0186. The lowest BCUT2D eigenvalue weighted by atomic mass is 9.95. The Kier molecular flexibility index (Phi) is 34.2. The van der Waals surface area contributed by atoms with E-state index in [1.165, 1.54) is 161 Å². The van der Waals surface area contributed by atoms with E-state index in [0.717, 1.165) is 32.0 Å². The molecule has 0 radical (unpaired) electrons. The summed E-state index contributed by atoms with van der Waals surface area (Å²) in [6, 6.07) is 0.623. The van der Waals surface area contributed by atoms with Crippen LogP contribution < -0.4 is 0 Å². The molecule has 4 heteroatoms. The lowest BCUT2D eigenvalue weighted by molar-refractivity contribution is -0.145. The van der Waals surface area contributed by atoms with Crippen LogP contribution in [0.3, 0.4) is 0 Å². The number of aldehydes is 1. The van der Waals surface area contributed by atoms with Crippen molar-refractivity contribution in [3.8, 4) is 0 Å². The maximum Gasteiger partial charge on any atom is 0.305 e. The van der Waals surface area contributed by atoms with Gasteiger partial charge in [-0.25, -0.2) is 0 Å². The van der Waals surface area contributed by atoms with Crippen LogP contribution in [0.15, 0.2) is 0 Å². The Morgan fingerprint density at radius 2 is 1.00 bits per heavy atom. The Morgan fingerprint density at radius 1 is 0.568 bits per heavy atom. The van der Waals surface area contributed by atoms with Crippen molar-refractivity contribution < 1.29 is 14.3 Å². The molecule has 0 heterocycles. The van der Waals surface area contributed by atoms with Crippen molar-refractivity contribution in [1.82, 2.24) is 4.90 Å². The first-order chi connectivity index (χ1) is 21.6. The second kappa shape index (κ2) is 35.0. The fraction of sp³-hybridized carbons (Fsp3) is 0.950. The Labute approximate surface area is 276 Å². The molecule has 0 aromatic heterocycles. The molecule has 262 valence electrons. The zero-order chi connectivity index (χ0) is 32.4. The molecule has 0 aromatic rings. The summed E-state index contributed by atoms with van der Waals surface area (Å²) in [7, 11) is 2.32. The molecule has 4 nitrogen and oxygen atoms in total. The summed E-state index contributed by atoms with van der Waals surface area (Å²) >= 11 is 0. The summed E-state index contributed by atoms with van der Waals surface area (Å²) in [6.45, 7) is 8.65. The molecule has 0 saturated carbocycles. The molecule has 44 heavy (non-hydrogen) atoms. The van der Waals surface area contributed by atoms with Gasteiger partial charge in [0.15, 0.2) is 0 Å².